The molecule has 1 aliphatic rings. The fourth-order valence-corrected chi connectivity index (χ4v) is 1.82. The molecule has 0 saturated carbocycles. The molecule has 0 atom stereocenters. The third-order valence-electron chi connectivity index (χ3n) is 2.63. The van der Waals surface area contributed by atoms with Gasteiger partial charge >= 0.3 is 5.97 Å². The van der Waals surface area contributed by atoms with Crippen LogP contribution in [0.25, 0.3) is 0 Å². The lowest BCUT2D eigenvalue weighted by Gasteiger charge is -2.20. The van der Waals surface area contributed by atoms with Crippen LogP contribution in [0, 0.1) is 0 Å². The van der Waals surface area contributed by atoms with Crippen LogP contribution in [0.4, 0.5) is 0 Å². The van der Waals surface area contributed by atoms with Crippen molar-refractivity contribution in [3.63, 3.8) is 0 Å². The Kier molecular flexibility index (Phi) is 2.70. The van der Waals surface area contributed by atoms with E-state index in [0.29, 0.717) is 24.3 Å². The number of methoxy groups -OCH3 is 1. The molecule has 86 valence electrons. The van der Waals surface area contributed by atoms with Gasteiger partial charge in [-0.05, 0) is 11.6 Å². The quantitative estimate of drug-likeness (QED) is 0.720. The Balaban J connectivity index is 2.66. The second-order valence-corrected chi connectivity index (χ2v) is 3.48. The first-order chi connectivity index (χ1) is 7.69. The summed E-state index contributed by atoms with van der Waals surface area (Å²) in [5, 5.41) is 19.0. The maximum Gasteiger partial charge on any atom is 0.342 e. The number of cyclic esters (lactones) is 1. The molecular formula is C11H12O5. The number of carbonyl (C=O) groups excluding carboxylic acids is 1. The maximum atomic E-state index is 11.5. The van der Waals surface area contributed by atoms with E-state index in [1.807, 2.05) is 0 Å². The van der Waals surface area contributed by atoms with Gasteiger partial charge in [0.15, 0.2) is 0 Å². The largest absolute Gasteiger partial charge is 0.507 e. The van der Waals surface area contributed by atoms with Crippen LogP contribution in [0.2, 0.25) is 0 Å². The number of aliphatic hydroxyl groups excluding tert-OH is 1. The summed E-state index contributed by atoms with van der Waals surface area (Å²) in [7, 11) is 1.45. The minimum Gasteiger partial charge on any atom is -0.507 e. The Hall–Kier alpha value is -1.75. The highest BCUT2D eigenvalue weighted by Gasteiger charge is 2.26. The van der Waals surface area contributed by atoms with Gasteiger partial charge in [-0.25, -0.2) is 4.79 Å². The Bertz CT molecular complexity index is 438. The molecule has 5 heteroatoms. The van der Waals surface area contributed by atoms with E-state index >= 15 is 0 Å². The molecular weight excluding hydrogens is 212 g/mol. The topological polar surface area (TPSA) is 76.0 Å². The Labute approximate surface area is 92.2 Å². The molecule has 1 aromatic rings. The molecule has 0 amide bonds. The van der Waals surface area contributed by atoms with E-state index in [4.69, 9.17) is 14.6 Å². The standard InChI is InChI=1S/C11H12O5/c1-15-8-4-6-2-3-16-11(14)9(6)10(13)7(8)5-12/h4,12-13H,2-3,5H2,1H3. The zero-order valence-electron chi connectivity index (χ0n) is 8.82. The number of aliphatic hydroxyl groups is 1. The van der Waals surface area contributed by atoms with Gasteiger partial charge in [0, 0.05) is 6.42 Å². The summed E-state index contributed by atoms with van der Waals surface area (Å²) in [6.07, 6.45) is 0.538. The Morgan fingerprint density at radius 1 is 1.56 bits per heavy atom. The number of esters is 1. The minimum absolute atomic E-state index is 0.135. The molecule has 2 rings (SSSR count). The highest BCUT2D eigenvalue weighted by atomic mass is 16.5. The molecule has 1 aliphatic heterocycles. The summed E-state index contributed by atoms with van der Waals surface area (Å²) in [4.78, 5) is 11.5. The van der Waals surface area contributed by atoms with Crippen molar-refractivity contribution in [1.82, 2.24) is 0 Å². The lowest BCUT2D eigenvalue weighted by atomic mass is 9.97. The van der Waals surface area contributed by atoms with Gasteiger partial charge in [0.1, 0.15) is 17.1 Å². The molecule has 1 heterocycles. The molecule has 0 unspecified atom stereocenters. The van der Waals surface area contributed by atoms with E-state index in [1.54, 1.807) is 6.07 Å². The van der Waals surface area contributed by atoms with Crippen molar-refractivity contribution >= 4 is 5.97 Å². The highest BCUT2D eigenvalue weighted by Crippen LogP contribution is 2.36. The molecule has 5 nitrogen and oxygen atoms in total. The van der Waals surface area contributed by atoms with Gasteiger partial charge in [-0.3, -0.25) is 0 Å². The van der Waals surface area contributed by atoms with Crippen molar-refractivity contribution in [2.45, 2.75) is 13.0 Å². The molecule has 0 radical (unpaired) electrons. The number of aromatic hydroxyl groups is 1. The number of ether oxygens (including phenoxy) is 2. The molecule has 0 spiro atoms. The van der Waals surface area contributed by atoms with Gasteiger partial charge in [0.2, 0.25) is 0 Å². The minimum atomic E-state index is -0.559. The van der Waals surface area contributed by atoms with E-state index in [-0.39, 0.29) is 16.9 Å². The molecule has 0 bridgehead atoms. The van der Waals surface area contributed by atoms with Gasteiger partial charge in [-0.2, -0.15) is 0 Å². The van der Waals surface area contributed by atoms with Crippen LogP contribution in [0.15, 0.2) is 6.07 Å². The van der Waals surface area contributed by atoms with Crippen LogP contribution in [0.3, 0.4) is 0 Å². The molecule has 0 saturated heterocycles. The molecule has 0 fully saturated rings. The Morgan fingerprint density at radius 2 is 2.31 bits per heavy atom. The molecule has 0 aromatic heterocycles. The summed E-state index contributed by atoms with van der Waals surface area (Å²) in [5.41, 5.74) is 1.03. The molecule has 1 aromatic carbocycles. The fraction of sp³-hybridized carbons (Fsp3) is 0.364. The van der Waals surface area contributed by atoms with Crippen LogP contribution >= 0.6 is 0 Å². The lowest BCUT2D eigenvalue weighted by molar-refractivity contribution is 0.0475. The summed E-state index contributed by atoms with van der Waals surface area (Å²) < 4.78 is 9.88. The number of hydrogen-bond donors (Lipinski definition) is 2. The van der Waals surface area contributed by atoms with Crippen molar-refractivity contribution in [2.75, 3.05) is 13.7 Å². The molecule has 2 N–H and O–H groups in total. The number of phenols is 1. The van der Waals surface area contributed by atoms with Crippen LogP contribution in [-0.4, -0.2) is 29.9 Å². The van der Waals surface area contributed by atoms with Crippen molar-refractivity contribution in [3.05, 3.63) is 22.8 Å². The maximum absolute atomic E-state index is 11.5. The van der Waals surface area contributed by atoms with Crippen molar-refractivity contribution in [3.8, 4) is 11.5 Å². The summed E-state index contributed by atoms with van der Waals surface area (Å²) in [6, 6.07) is 1.65. The van der Waals surface area contributed by atoms with Crippen molar-refractivity contribution in [1.29, 1.82) is 0 Å². The number of carbonyl (C=O) groups is 1. The van der Waals surface area contributed by atoms with Crippen LogP contribution in [0.5, 0.6) is 11.5 Å². The SMILES string of the molecule is COc1cc2c(c(O)c1CO)C(=O)OCC2. The number of hydrogen-bond acceptors (Lipinski definition) is 5. The Morgan fingerprint density at radius 3 is 2.94 bits per heavy atom. The van der Waals surface area contributed by atoms with Gasteiger partial charge in [-0.1, -0.05) is 0 Å². The summed E-state index contributed by atoms with van der Waals surface area (Å²) in [5.74, 6) is -0.425. The first-order valence-corrected chi connectivity index (χ1v) is 4.88. The molecule has 16 heavy (non-hydrogen) atoms. The van der Waals surface area contributed by atoms with Gasteiger partial charge in [0.05, 0.1) is 25.9 Å². The zero-order chi connectivity index (χ0) is 11.7. The van der Waals surface area contributed by atoms with E-state index in [1.165, 1.54) is 7.11 Å². The van der Waals surface area contributed by atoms with E-state index in [0.717, 1.165) is 0 Å². The fourth-order valence-electron chi connectivity index (χ4n) is 1.82. The summed E-state index contributed by atoms with van der Waals surface area (Å²) in [6.45, 7) is -0.0948. The van der Waals surface area contributed by atoms with Crippen LogP contribution < -0.4 is 4.74 Å². The van der Waals surface area contributed by atoms with Crippen molar-refractivity contribution < 1.29 is 24.5 Å². The average molecular weight is 224 g/mol. The predicted octanol–water partition coefficient (Wildman–Crippen LogP) is 0.606. The van der Waals surface area contributed by atoms with Crippen LogP contribution in [-0.2, 0) is 17.8 Å². The number of fused-ring (bicyclic) bond motifs is 1. The highest BCUT2D eigenvalue weighted by molar-refractivity contribution is 5.96. The average Bonchev–Trinajstić information content (AvgIpc) is 2.28. The third-order valence-corrected chi connectivity index (χ3v) is 2.63. The second kappa shape index (κ2) is 4.02. The third kappa shape index (κ3) is 1.49. The first-order valence-electron chi connectivity index (χ1n) is 4.88. The van der Waals surface area contributed by atoms with Gasteiger partial charge in [-0.15, -0.1) is 0 Å². The van der Waals surface area contributed by atoms with E-state index in [2.05, 4.69) is 0 Å². The predicted molar refractivity (Wildman–Crippen MR) is 54.6 cm³/mol. The zero-order valence-corrected chi connectivity index (χ0v) is 8.82. The van der Waals surface area contributed by atoms with Gasteiger partial charge < -0.3 is 19.7 Å². The van der Waals surface area contributed by atoms with Crippen LogP contribution in [0.1, 0.15) is 21.5 Å². The van der Waals surface area contributed by atoms with E-state index in [9.17, 15) is 9.90 Å². The second-order valence-electron chi connectivity index (χ2n) is 3.48. The first kappa shape index (κ1) is 10.8. The van der Waals surface area contributed by atoms with E-state index < -0.39 is 12.6 Å². The lowest BCUT2D eigenvalue weighted by Crippen LogP contribution is -2.18. The number of benzene rings is 1. The molecule has 0 aliphatic carbocycles. The smallest absolute Gasteiger partial charge is 0.342 e. The normalized spacial score (nSPS) is 14.2. The monoisotopic (exact) mass is 224 g/mol. The summed E-state index contributed by atoms with van der Waals surface area (Å²) >= 11 is 0. The van der Waals surface area contributed by atoms with Crippen molar-refractivity contribution in [2.24, 2.45) is 0 Å². The number of rotatable bonds is 2. The van der Waals surface area contributed by atoms with Gasteiger partial charge in [0.25, 0.3) is 0 Å².